The molecule has 1 unspecified atom stereocenters. The molecular formula is C13H20BrN. The largest absolute Gasteiger partial charge is 0.382 e. The normalized spacial score (nSPS) is 12.9. The second kappa shape index (κ2) is 5.55. The van der Waals surface area contributed by atoms with Crippen molar-refractivity contribution in [3.05, 3.63) is 28.2 Å². The first-order valence-corrected chi connectivity index (χ1v) is 6.31. The van der Waals surface area contributed by atoms with Gasteiger partial charge in [-0.25, -0.2) is 0 Å². The van der Waals surface area contributed by atoms with Crippen LogP contribution in [0.1, 0.15) is 32.8 Å². The van der Waals surface area contributed by atoms with Crippen molar-refractivity contribution in [1.82, 2.24) is 0 Å². The zero-order chi connectivity index (χ0) is 11.4. The Morgan fingerprint density at radius 2 is 1.93 bits per heavy atom. The Labute approximate surface area is 101 Å². The van der Waals surface area contributed by atoms with Crippen molar-refractivity contribution in [3.63, 3.8) is 0 Å². The second-order valence-electron chi connectivity index (χ2n) is 4.66. The third kappa shape index (κ3) is 4.25. The minimum Gasteiger partial charge on any atom is -0.382 e. The van der Waals surface area contributed by atoms with Gasteiger partial charge in [0.1, 0.15) is 0 Å². The van der Waals surface area contributed by atoms with Gasteiger partial charge in [-0.15, -0.1) is 0 Å². The van der Waals surface area contributed by atoms with E-state index in [0.29, 0.717) is 6.04 Å². The zero-order valence-corrected chi connectivity index (χ0v) is 11.6. The van der Waals surface area contributed by atoms with Crippen LogP contribution >= 0.6 is 15.9 Å². The van der Waals surface area contributed by atoms with E-state index in [4.69, 9.17) is 0 Å². The van der Waals surface area contributed by atoms with Crippen LogP contribution in [0.25, 0.3) is 0 Å². The Bertz CT molecular complexity index is 320. The molecule has 0 saturated heterocycles. The maximum atomic E-state index is 3.58. The summed E-state index contributed by atoms with van der Waals surface area (Å²) in [6.07, 6.45) is 1.19. The summed E-state index contributed by atoms with van der Waals surface area (Å²) in [4.78, 5) is 0. The van der Waals surface area contributed by atoms with E-state index < -0.39 is 0 Å². The Kier molecular flexibility index (Phi) is 4.65. The van der Waals surface area contributed by atoms with Crippen molar-refractivity contribution >= 4 is 21.6 Å². The summed E-state index contributed by atoms with van der Waals surface area (Å²) in [7, 11) is 0. The Balaban J connectivity index is 2.64. The molecule has 0 radical (unpaired) electrons. The highest BCUT2D eigenvalue weighted by molar-refractivity contribution is 9.10. The van der Waals surface area contributed by atoms with Gasteiger partial charge in [-0.1, -0.05) is 19.9 Å². The summed E-state index contributed by atoms with van der Waals surface area (Å²) in [6, 6.07) is 6.93. The molecule has 15 heavy (non-hydrogen) atoms. The smallest absolute Gasteiger partial charge is 0.0486 e. The second-order valence-corrected chi connectivity index (χ2v) is 5.51. The third-order valence-electron chi connectivity index (χ3n) is 2.35. The molecule has 0 aliphatic rings. The first kappa shape index (κ1) is 12.6. The summed E-state index contributed by atoms with van der Waals surface area (Å²) in [5.74, 6) is 0.733. The summed E-state index contributed by atoms with van der Waals surface area (Å²) in [6.45, 7) is 8.84. The highest BCUT2D eigenvalue weighted by Gasteiger charge is 2.06. The number of nitrogens with one attached hydrogen (secondary N) is 1. The van der Waals surface area contributed by atoms with E-state index in [0.717, 1.165) is 10.4 Å². The lowest BCUT2D eigenvalue weighted by Gasteiger charge is -2.18. The van der Waals surface area contributed by atoms with Crippen molar-refractivity contribution in [2.45, 2.75) is 40.2 Å². The van der Waals surface area contributed by atoms with Crippen LogP contribution in [0.4, 0.5) is 5.69 Å². The number of rotatable bonds is 4. The molecule has 1 atom stereocenters. The van der Waals surface area contributed by atoms with Crippen LogP contribution in [-0.4, -0.2) is 6.04 Å². The van der Waals surface area contributed by atoms with Crippen molar-refractivity contribution in [1.29, 1.82) is 0 Å². The molecule has 1 aromatic rings. The first-order chi connectivity index (χ1) is 6.99. The van der Waals surface area contributed by atoms with Gasteiger partial charge < -0.3 is 5.32 Å². The van der Waals surface area contributed by atoms with E-state index in [2.05, 4.69) is 67.1 Å². The van der Waals surface area contributed by atoms with E-state index in [-0.39, 0.29) is 0 Å². The molecule has 1 N–H and O–H groups in total. The van der Waals surface area contributed by atoms with Gasteiger partial charge in [-0.2, -0.15) is 0 Å². The van der Waals surface area contributed by atoms with Gasteiger partial charge >= 0.3 is 0 Å². The average Bonchev–Trinajstić information content (AvgIpc) is 2.08. The molecule has 2 heteroatoms. The molecule has 0 amide bonds. The number of hydrogen-bond acceptors (Lipinski definition) is 1. The van der Waals surface area contributed by atoms with E-state index >= 15 is 0 Å². The Morgan fingerprint density at radius 1 is 1.27 bits per heavy atom. The van der Waals surface area contributed by atoms with Crippen LogP contribution in [0.15, 0.2) is 22.7 Å². The van der Waals surface area contributed by atoms with Gasteiger partial charge in [-0.05, 0) is 59.8 Å². The molecule has 1 aromatic carbocycles. The number of halogens is 1. The van der Waals surface area contributed by atoms with E-state index in [1.165, 1.54) is 17.7 Å². The monoisotopic (exact) mass is 269 g/mol. The molecular weight excluding hydrogens is 250 g/mol. The van der Waals surface area contributed by atoms with E-state index in [1.54, 1.807) is 0 Å². The third-order valence-corrected chi connectivity index (χ3v) is 3.01. The van der Waals surface area contributed by atoms with Crippen molar-refractivity contribution in [2.24, 2.45) is 5.92 Å². The van der Waals surface area contributed by atoms with Gasteiger partial charge in [0.25, 0.3) is 0 Å². The maximum absolute atomic E-state index is 3.58. The molecule has 84 valence electrons. The number of hydrogen-bond donors (Lipinski definition) is 1. The molecule has 0 aliphatic carbocycles. The molecule has 0 heterocycles. The average molecular weight is 270 g/mol. The van der Waals surface area contributed by atoms with Crippen LogP contribution in [-0.2, 0) is 0 Å². The fourth-order valence-electron chi connectivity index (χ4n) is 1.77. The topological polar surface area (TPSA) is 12.0 Å². The van der Waals surface area contributed by atoms with Crippen molar-refractivity contribution < 1.29 is 0 Å². The van der Waals surface area contributed by atoms with Gasteiger partial charge in [0.15, 0.2) is 0 Å². The standard InChI is InChI=1S/C13H20BrN/c1-9(2)7-11(4)15-13-6-5-10(3)8-12(13)14/h5-6,8-9,11,15H,7H2,1-4H3. The Morgan fingerprint density at radius 3 is 2.47 bits per heavy atom. The van der Waals surface area contributed by atoms with Gasteiger partial charge in [0, 0.05) is 16.2 Å². The van der Waals surface area contributed by atoms with Gasteiger partial charge in [0.2, 0.25) is 0 Å². The maximum Gasteiger partial charge on any atom is 0.0486 e. The van der Waals surface area contributed by atoms with Gasteiger partial charge in [0.05, 0.1) is 0 Å². The van der Waals surface area contributed by atoms with Crippen LogP contribution in [0.5, 0.6) is 0 Å². The highest BCUT2D eigenvalue weighted by Crippen LogP contribution is 2.24. The molecule has 0 spiro atoms. The number of benzene rings is 1. The van der Waals surface area contributed by atoms with E-state index in [1.807, 2.05) is 0 Å². The summed E-state index contributed by atoms with van der Waals surface area (Å²) in [5.41, 5.74) is 2.47. The molecule has 1 nitrogen and oxygen atoms in total. The molecule has 0 aliphatic heterocycles. The van der Waals surface area contributed by atoms with Crippen molar-refractivity contribution in [3.8, 4) is 0 Å². The van der Waals surface area contributed by atoms with Crippen LogP contribution < -0.4 is 5.32 Å². The summed E-state index contributed by atoms with van der Waals surface area (Å²) < 4.78 is 1.15. The van der Waals surface area contributed by atoms with Crippen molar-refractivity contribution in [2.75, 3.05) is 5.32 Å². The van der Waals surface area contributed by atoms with Crippen LogP contribution in [0, 0.1) is 12.8 Å². The van der Waals surface area contributed by atoms with Gasteiger partial charge in [-0.3, -0.25) is 0 Å². The first-order valence-electron chi connectivity index (χ1n) is 5.51. The lowest BCUT2D eigenvalue weighted by molar-refractivity contribution is 0.539. The zero-order valence-electron chi connectivity index (χ0n) is 9.97. The quantitative estimate of drug-likeness (QED) is 0.842. The molecule has 0 fully saturated rings. The summed E-state index contributed by atoms with van der Waals surface area (Å²) >= 11 is 3.58. The van der Waals surface area contributed by atoms with Crippen LogP contribution in [0.2, 0.25) is 0 Å². The van der Waals surface area contributed by atoms with Crippen LogP contribution in [0.3, 0.4) is 0 Å². The SMILES string of the molecule is Cc1ccc(NC(C)CC(C)C)c(Br)c1. The molecule has 1 rings (SSSR count). The Hall–Kier alpha value is -0.500. The minimum atomic E-state index is 0.518. The fourth-order valence-corrected chi connectivity index (χ4v) is 2.38. The lowest BCUT2D eigenvalue weighted by Crippen LogP contribution is -2.17. The summed E-state index contributed by atoms with van der Waals surface area (Å²) in [5, 5.41) is 3.52. The predicted molar refractivity (Wildman–Crippen MR) is 71.4 cm³/mol. The molecule has 0 saturated carbocycles. The minimum absolute atomic E-state index is 0.518. The molecule has 0 aromatic heterocycles. The predicted octanol–water partition coefficient (Wildman–Crippen LogP) is 4.60. The highest BCUT2D eigenvalue weighted by atomic mass is 79.9. The van der Waals surface area contributed by atoms with E-state index in [9.17, 15) is 0 Å². The molecule has 0 bridgehead atoms. The fraction of sp³-hybridized carbons (Fsp3) is 0.538. The number of aryl methyl sites for hydroxylation is 1. The lowest BCUT2D eigenvalue weighted by atomic mass is 10.0. The number of anilines is 1.